The van der Waals surface area contributed by atoms with Crippen LogP contribution in [0, 0.1) is 23.0 Å². The molecule has 0 saturated heterocycles. The maximum absolute atomic E-state index is 14.4. The Bertz CT molecular complexity index is 1190. The number of rotatable bonds is 5. The normalized spacial score (nSPS) is 11.3. The van der Waals surface area contributed by atoms with E-state index in [0.717, 1.165) is 18.2 Å². The zero-order chi connectivity index (χ0) is 21.1. The molecule has 0 unspecified atom stereocenters. The van der Waals surface area contributed by atoms with Crippen molar-refractivity contribution in [3.8, 4) is 6.07 Å². The number of hydrogen-bond acceptors (Lipinski definition) is 3. The van der Waals surface area contributed by atoms with Crippen molar-refractivity contribution in [2.45, 2.75) is 6.54 Å². The van der Waals surface area contributed by atoms with Crippen LogP contribution in [0.2, 0.25) is 0 Å². The van der Waals surface area contributed by atoms with Crippen LogP contribution in [-0.2, 0) is 16.1 Å². The number of hydrogen-bond donors (Lipinski definition) is 1. The Morgan fingerprint density at radius 3 is 2.59 bits per heavy atom. The zero-order valence-corrected chi connectivity index (χ0v) is 14.6. The number of benzene rings is 2. The highest BCUT2D eigenvalue weighted by molar-refractivity contribution is 6.11. The molecule has 0 aliphatic heterocycles. The summed E-state index contributed by atoms with van der Waals surface area (Å²) in [6.45, 7) is -0.361. The standard InChI is InChI=1S/C20H12F3N3O3/c21-14-5-6-18(16(22)8-14)26(23)20(29)12(9-24)7-13-10-25(11-19(27)28)17-4-2-1-3-15(13)17/h1-8,10H,11H2,(H,27,28). The molecule has 0 atom stereocenters. The number of carbonyl (C=O) groups is 2. The fourth-order valence-electron chi connectivity index (χ4n) is 2.82. The van der Waals surface area contributed by atoms with Gasteiger partial charge < -0.3 is 9.67 Å². The fraction of sp³-hybridized carbons (Fsp3) is 0.0500. The third-order valence-electron chi connectivity index (χ3n) is 4.08. The number of carbonyl (C=O) groups excluding carboxylic acids is 1. The Kier molecular flexibility index (Phi) is 5.36. The monoisotopic (exact) mass is 399 g/mol. The van der Waals surface area contributed by atoms with Crippen molar-refractivity contribution in [2.75, 3.05) is 5.12 Å². The molecule has 3 rings (SSSR count). The van der Waals surface area contributed by atoms with E-state index in [1.165, 1.54) is 10.8 Å². The third kappa shape index (κ3) is 3.96. The van der Waals surface area contributed by atoms with Gasteiger partial charge in [-0.25, -0.2) is 8.78 Å². The molecule has 0 aliphatic rings. The Morgan fingerprint density at radius 1 is 1.21 bits per heavy atom. The van der Waals surface area contributed by atoms with Gasteiger partial charge in [-0.15, -0.1) is 5.12 Å². The van der Waals surface area contributed by atoms with Crippen molar-refractivity contribution in [2.24, 2.45) is 0 Å². The Morgan fingerprint density at radius 2 is 1.93 bits per heavy atom. The molecule has 29 heavy (non-hydrogen) atoms. The quantitative estimate of drug-likeness (QED) is 0.401. The third-order valence-corrected chi connectivity index (χ3v) is 4.08. The summed E-state index contributed by atoms with van der Waals surface area (Å²) >= 11 is 0. The Balaban J connectivity index is 2.03. The number of anilines is 1. The molecule has 0 bridgehead atoms. The molecule has 0 spiro atoms. The number of aromatic nitrogens is 1. The van der Waals surface area contributed by atoms with Crippen molar-refractivity contribution >= 4 is 34.5 Å². The number of carboxylic acids is 1. The van der Waals surface area contributed by atoms with Gasteiger partial charge in [-0.05, 0) is 24.3 Å². The van der Waals surface area contributed by atoms with Crippen molar-refractivity contribution in [3.05, 3.63) is 71.4 Å². The van der Waals surface area contributed by atoms with Gasteiger partial charge in [-0.3, -0.25) is 9.59 Å². The fourth-order valence-corrected chi connectivity index (χ4v) is 2.82. The van der Waals surface area contributed by atoms with E-state index < -0.39 is 39.9 Å². The number of nitriles is 1. The smallest absolute Gasteiger partial charge is 0.323 e. The number of para-hydroxylation sites is 1. The molecule has 0 radical (unpaired) electrons. The molecule has 1 amide bonds. The molecule has 6 nitrogen and oxygen atoms in total. The molecule has 1 N–H and O–H groups in total. The Labute approximate surface area is 162 Å². The van der Waals surface area contributed by atoms with Crippen LogP contribution in [0.25, 0.3) is 17.0 Å². The predicted molar refractivity (Wildman–Crippen MR) is 98.1 cm³/mol. The van der Waals surface area contributed by atoms with Crippen LogP contribution in [0.1, 0.15) is 5.56 Å². The summed E-state index contributed by atoms with van der Waals surface area (Å²) in [5.41, 5.74) is -0.660. The average molecular weight is 399 g/mol. The minimum Gasteiger partial charge on any atom is -0.480 e. The van der Waals surface area contributed by atoms with Gasteiger partial charge in [0.2, 0.25) is 0 Å². The molecule has 0 aliphatic carbocycles. The molecular formula is C20H12F3N3O3. The van der Waals surface area contributed by atoms with E-state index in [2.05, 4.69) is 0 Å². The van der Waals surface area contributed by atoms with Gasteiger partial charge in [0.1, 0.15) is 29.7 Å². The van der Waals surface area contributed by atoms with Crippen molar-refractivity contribution in [3.63, 3.8) is 0 Å². The van der Waals surface area contributed by atoms with Crippen molar-refractivity contribution in [1.29, 1.82) is 5.26 Å². The van der Waals surface area contributed by atoms with E-state index >= 15 is 0 Å². The molecule has 2 aromatic carbocycles. The van der Waals surface area contributed by atoms with E-state index in [1.807, 2.05) is 0 Å². The van der Waals surface area contributed by atoms with Crippen molar-refractivity contribution < 1.29 is 28.0 Å². The summed E-state index contributed by atoms with van der Waals surface area (Å²) in [6, 6.07) is 10.1. The number of amides is 1. The lowest BCUT2D eigenvalue weighted by Crippen LogP contribution is -2.24. The van der Waals surface area contributed by atoms with Gasteiger partial charge in [0.25, 0.3) is 5.91 Å². The van der Waals surface area contributed by atoms with E-state index in [4.69, 9.17) is 5.11 Å². The lowest BCUT2D eigenvalue weighted by molar-refractivity contribution is -0.137. The molecule has 9 heteroatoms. The van der Waals surface area contributed by atoms with E-state index in [-0.39, 0.29) is 6.54 Å². The second-order valence-electron chi connectivity index (χ2n) is 5.97. The molecule has 1 aromatic heterocycles. The number of nitrogens with zero attached hydrogens (tertiary/aromatic N) is 3. The summed E-state index contributed by atoms with van der Waals surface area (Å²) in [5, 5.41) is 18.3. The van der Waals surface area contributed by atoms with Crippen LogP contribution in [-0.4, -0.2) is 21.6 Å². The number of carboxylic acid groups (broad SMARTS) is 1. The molecule has 0 fully saturated rings. The Hall–Kier alpha value is -4.06. The lowest BCUT2D eigenvalue weighted by atomic mass is 10.1. The predicted octanol–water partition coefficient (Wildman–Crippen LogP) is 3.83. The molecular weight excluding hydrogens is 387 g/mol. The first-order valence-electron chi connectivity index (χ1n) is 8.18. The second kappa shape index (κ2) is 7.90. The van der Waals surface area contributed by atoms with Gasteiger partial charge in [0, 0.05) is 28.7 Å². The maximum Gasteiger partial charge on any atom is 0.323 e. The number of fused-ring (bicyclic) bond motifs is 1. The highest BCUT2D eigenvalue weighted by Gasteiger charge is 2.24. The number of halogens is 3. The van der Waals surface area contributed by atoms with Crippen LogP contribution >= 0.6 is 0 Å². The lowest BCUT2D eigenvalue weighted by Gasteiger charge is -2.12. The van der Waals surface area contributed by atoms with Crippen LogP contribution in [0.15, 0.2) is 54.2 Å². The highest BCUT2D eigenvalue weighted by atomic mass is 19.2. The van der Waals surface area contributed by atoms with Crippen molar-refractivity contribution in [1.82, 2.24) is 4.57 Å². The van der Waals surface area contributed by atoms with Gasteiger partial charge in [-0.2, -0.15) is 5.26 Å². The first-order chi connectivity index (χ1) is 13.8. The van der Waals surface area contributed by atoms with Gasteiger partial charge in [-0.1, -0.05) is 22.7 Å². The van der Waals surface area contributed by atoms with Crippen LogP contribution in [0.4, 0.5) is 18.9 Å². The summed E-state index contributed by atoms with van der Waals surface area (Å²) < 4.78 is 42.5. The first kappa shape index (κ1) is 19.7. The first-order valence-corrected chi connectivity index (χ1v) is 8.18. The maximum atomic E-state index is 14.4. The van der Waals surface area contributed by atoms with Gasteiger partial charge >= 0.3 is 5.97 Å². The highest BCUT2D eigenvalue weighted by Crippen LogP contribution is 2.26. The molecule has 1 heterocycles. The van der Waals surface area contributed by atoms with Crippen LogP contribution in [0.3, 0.4) is 0 Å². The minimum absolute atomic E-state index is 0.305. The molecule has 0 saturated carbocycles. The molecule has 146 valence electrons. The average Bonchev–Trinajstić information content (AvgIpc) is 3.02. The summed E-state index contributed by atoms with van der Waals surface area (Å²) in [4.78, 5) is 23.4. The SMILES string of the molecule is N#CC(=Cc1cn(CC(=O)O)c2ccccc12)C(=O)N(F)c1ccc(F)cc1F. The molecule has 3 aromatic rings. The van der Waals surface area contributed by atoms with E-state index in [9.17, 15) is 28.1 Å². The van der Waals surface area contributed by atoms with E-state index in [0.29, 0.717) is 22.5 Å². The minimum atomic E-state index is -1.45. The second-order valence-corrected chi connectivity index (χ2v) is 5.97. The zero-order valence-electron chi connectivity index (χ0n) is 14.6. The largest absolute Gasteiger partial charge is 0.480 e. The van der Waals surface area contributed by atoms with E-state index in [1.54, 1.807) is 30.3 Å². The summed E-state index contributed by atoms with van der Waals surface area (Å²) in [5.74, 6) is -4.81. The summed E-state index contributed by atoms with van der Waals surface area (Å²) in [7, 11) is 0. The van der Waals surface area contributed by atoms with Gasteiger partial charge in [0.15, 0.2) is 5.82 Å². The number of aliphatic carboxylic acids is 1. The van der Waals surface area contributed by atoms with Gasteiger partial charge in [0.05, 0.1) is 0 Å². The van der Waals surface area contributed by atoms with Crippen LogP contribution in [0.5, 0.6) is 0 Å². The summed E-state index contributed by atoms with van der Waals surface area (Å²) in [6.07, 6.45) is 2.49. The topological polar surface area (TPSA) is 86.3 Å². The van der Waals surface area contributed by atoms with Crippen LogP contribution < -0.4 is 5.12 Å².